The highest BCUT2D eigenvalue weighted by molar-refractivity contribution is 7.73. The third-order valence-electron chi connectivity index (χ3n) is 0.881. The molecule has 9 heavy (non-hydrogen) atoms. The number of carbonyl (C=O) groups excluding carboxylic acids is 1. The molecule has 0 bridgehead atoms. The summed E-state index contributed by atoms with van der Waals surface area (Å²) in [5.74, 6) is -0.0201. The van der Waals surface area contributed by atoms with E-state index >= 15 is 0 Å². The summed E-state index contributed by atoms with van der Waals surface area (Å²) in [5, 5.41) is 1.87. The molecule has 0 aliphatic heterocycles. The Morgan fingerprint density at radius 3 is 3.00 bits per heavy atom. The molecule has 2 nitrogen and oxygen atoms in total. The van der Waals surface area contributed by atoms with Crippen molar-refractivity contribution in [3.63, 3.8) is 0 Å². The van der Waals surface area contributed by atoms with Crippen molar-refractivity contribution >= 4 is 30.1 Å². The summed E-state index contributed by atoms with van der Waals surface area (Å²) in [6.07, 6.45) is 0. The van der Waals surface area contributed by atoms with Gasteiger partial charge in [-0.05, 0) is 11.4 Å². The van der Waals surface area contributed by atoms with Gasteiger partial charge in [0.1, 0.15) is 4.88 Å². The minimum atomic E-state index is -0.0201. The van der Waals surface area contributed by atoms with E-state index in [0.29, 0.717) is 0 Å². The maximum absolute atomic E-state index is 10.8. The van der Waals surface area contributed by atoms with Crippen LogP contribution in [-0.2, 0) is 0 Å². The number of quaternary nitrogens is 1. The van der Waals surface area contributed by atoms with Gasteiger partial charge >= 0.3 is 5.91 Å². The average molecular weight is 160 g/mol. The molecular weight excluding hydrogens is 154 g/mol. The summed E-state index contributed by atoms with van der Waals surface area (Å²) in [4.78, 5) is 11.5. The molecule has 1 amide bonds. The van der Waals surface area contributed by atoms with Gasteiger partial charge in [-0.15, -0.1) is 11.3 Å². The predicted molar refractivity (Wildman–Crippen MR) is 39.6 cm³/mol. The van der Waals surface area contributed by atoms with Crippen LogP contribution in [0.15, 0.2) is 17.5 Å². The van der Waals surface area contributed by atoms with E-state index in [4.69, 9.17) is 0 Å². The summed E-state index contributed by atoms with van der Waals surface area (Å²) in [5.41, 5.74) is 0. The Hall–Kier alpha value is -0.320. The van der Waals surface area contributed by atoms with E-state index in [1.807, 2.05) is 11.4 Å². The van der Waals surface area contributed by atoms with Crippen LogP contribution in [0.1, 0.15) is 9.67 Å². The molecule has 1 heterocycles. The topological polar surface area (TPSA) is 33.7 Å². The van der Waals surface area contributed by atoms with Gasteiger partial charge in [0, 0.05) is 0 Å². The summed E-state index contributed by atoms with van der Waals surface area (Å²) in [6.45, 7) is 0. The van der Waals surface area contributed by atoms with E-state index in [-0.39, 0.29) is 5.91 Å². The summed E-state index contributed by atoms with van der Waals surface area (Å²) < 4.78 is 1.27. The first kappa shape index (κ1) is 6.80. The van der Waals surface area contributed by atoms with E-state index in [0.717, 1.165) is 4.88 Å². The second kappa shape index (κ2) is 3.00. The van der Waals surface area contributed by atoms with Crippen molar-refractivity contribution in [3.05, 3.63) is 22.4 Å². The van der Waals surface area contributed by atoms with Gasteiger partial charge in [-0.2, -0.15) is 0 Å². The molecule has 0 aliphatic rings. The Bertz CT molecular complexity index is 195. The van der Waals surface area contributed by atoms with Crippen molar-refractivity contribution in [2.45, 2.75) is 0 Å². The number of thiophene rings is 1. The fourth-order valence-electron chi connectivity index (χ4n) is 0.482. The molecule has 0 unspecified atom stereocenters. The molecule has 1 aromatic heterocycles. The van der Waals surface area contributed by atoms with Gasteiger partial charge in [-0.25, -0.2) is 9.52 Å². The predicted octanol–water partition coefficient (Wildman–Crippen LogP) is 0.296. The van der Waals surface area contributed by atoms with Gasteiger partial charge in [-0.3, -0.25) is 0 Å². The lowest BCUT2D eigenvalue weighted by Gasteiger charge is -1.82. The number of hydrogen-bond donors (Lipinski definition) is 2. The van der Waals surface area contributed by atoms with E-state index in [1.165, 1.54) is 16.1 Å². The maximum Gasteiger partial charge on any atom is 0.363 e. The molecule has 48 valence electrons. The third-order valence-corrected chi connectivity index (χ3v) is 2.00. The SMILES string of the molecule is O=C([NH2+]S)c1cccs1. The Morgan fingerprint density at radius 1 is 1.78 bits per heavy atom. The van der Waals surface area contributed by atoms with Gasteiger partial charge in [0.15, 0.2) is 0 Å². The second-order valence-corrected chi connectivity index (χ2v) is 2.68. The number of rotatable bonds is 1. The molecular formula is C5H6NOS2+. The van der Waals surface area contributed by atoms with Crippen LogP contribution in [0.25, 0.3) is 0 Å². The Balaban J connectivity index is 2.77. The van der Waals surface area contributed by atoms with E-state index in [1.54, 1.807) is 6.07 Å². The zero-order valence-electron chi connectivity index (χ0n) is 4.57. The average Bonchev–Trinajstić information content (AvgIpc) is 2.37. The van der Waals surface area contributed by atoms with Crippen molar-refractivity contribution in [1.82, 2.24) is 0 Å². The van der Waals surface area contributed by atoms with Gasteiger partial charge in [0.05, 0.1) is 12.8 Å². The largest absolute Gasteiger partial charge is 0.363 e. The van der Waals surface area contributed by atoms with Crippen molar-refractivity contribution in [2.75, 3.05) is 0 Å². The first-order valence-corrected chi connectivity index (χ1v) is 3.79. The first-order chi connectivity index (χ1) is 4.34. The van der Waals surface area contributed by atoms with Crippen LogP contribution in [0, 0.1) is 0 Å². The van der Waals surface area contributed by atoms with E-state index < -0.39 is 0 Å². The minimum Gasteiger partial charge on any atom is -0.224 e. The molecule has 0 atom stereocenters. The fraction of sp³-hybridized carbons (Fsp3) is 0. The van der Waals surface area contributed by atoms with Crippen molar-refractivity contribution in [3.8, 4) is 0 Å². The van der Waals surface area contributed by atoms with Gasteiger partial charge < -0.3 is 0 Å². The zero-order valence-corrected chi connectivity index (χ0v) is 6.28. The molecule has 0 saturated carbocycles. The quantitative estimate of drug-likeness (QED) is 0.569. The van der Waals surface area contributed by atoms with Crippen LogP contribution in [0.4, 0.5) is 0 Å². The Labute approximate surface area is 62.4 Å². The Morgan fingerprint density at radius 2 is 2.56 bits per heavy atom. The molecule has 0 radical (unpaired) electrons. The smallest absolute Gasteiger partial charge is 0.224 e. The lowest BCUT2D eigenvalue weighted by molar-refractivity contribution is -0.361. The fourth-order valence-corrected chi connectivity index (χ4v) is 1.34. The number of carbonyl (C=O) groups is 1. The third kappa shape index (κ3) is 1.54. The van der Waals surface area contributed by atoms with Crippen LogP contribution in [-0.4, -0.2) is 5.91 Å². The minimum absolute atomic E-state index is 0.0201. The highest BCUT2D eigenvalue weighted by atomic mass is 32.1. The molecule has 1 aromatic rings. The number of nitrogens with two attached hydrogens (primary N) is 1. The monoisotopic (exact) mass is 160 g/mol. The lowest BCUT2D eigenvalue weighted by atomic mass is 10.5. The molecule has 0 spiro atoms. The van der Waals surface area contributed by atoms with Crippen LogP contribution < -0.4 is 4.72 Å². The highest BCUT2D eigenvalue weighted by Gasteiger charge is 2.06. The summed E-state index contributed by atoms with van der Waals surface area (Å²) in [7, 11) is 0. The highest BCUT2D eigenvalue weighted by Crippen LogP contribution is 2.05. The van der Waals surface area contributed by atoms with Crippen LogP contribution in [0.5, 0.6) is 0 Å². The Kier molecular flexibility index (Phi) is 2.27. The zero-order chi connectivity index (χ0) is 6.69. The molecule has 4 heteroatoms. The maximum atomic E-state index is 10.8. The molecule has 0 saturated heterocycles. The molecule has 0 fully saturated rings. The summed E-state index contributed by atoms with van der Waals surface area (Å²) >= 11 is 5.16. The van der Waals surface area contributed by atoms with Gasteiger partial charge in [0.25, 0.3) is 0 Å². The van der Waals surface area contributed by atoms with Crippen LogP contribution >= 0.6 is 24.2 Å². The van der Waals surface area contributed by atoms with Crippen LogP contribution in [0.3, 0.4) is 0 Å². The summed E-state index contributed by atoms with van der Waals surface area (Å²) in [6, 6.07) is 3.62. The van der Waals surface area contributed by atoms with Crippen molar-refractivity contribution in [2.24, 2.45) is 0 Å². The number of thiol groups is 1. The van der Waals surface area contributed by atoms with Crippen molar-refractivity contribution in [1.29, 1.82) is 0 Å². The van der Waals surface area contributed by atoms with Gasteiger partial charge in [0.2, 0.25) is 0 Å². The first-order valence-electron chi connectivity index (χ1n) is 2.40. The molecule has 0 aromatic carbocycles. The molecule has 1 rings (SSSR count). The van der Waals surface area contributed by atoms with E-state index in [2.05, 4.69) is 12.8 Å². The normalized spacial score (nSPS) is 9.44. The molecule has 0 aliphatic carbocycles. The number of primary amides is 1. The number of hydrogen-bond acceptors (Lipinski definition) is 3. The van der Waals surface area contributed by atoms with E-state index in [9.17, 15) is 4.79 Å². The standard InChI is InChI=1S/C5H5NOS2/c7-5(6-8)4-2-1-3-9-4/h1-3,8H,(H,6,7)/p+1. The number of amides is 1. The van der Waals surface area contributed by atoms with Gasteiger partial charge in [-0.1, -0.05) is 6.07 Å². The lowest BCUT2D eigenvalue weighted by Crippen LogP contribution is -2.77. The second-order valence-electron chi connectivity index (χ2n) is 1.47. The van der Waals surface area contributed by atoms with Crippen LogP contribution in [0.2, 0.25) is 0 Å². The molecule has 2 N–H and O–H groups in total. The van der Waals surface area contributed by atoms with Crippen molar-refractivity contribution < 1.29 is 9.52 Å².